The molecule has 0 aliphatic carbocycles. The normalized spacial score (nSPS) is 13.6. The average Bonchev–Trinajstić information content (AvgIpc) is 3.17. The van der Waals surface area contributed by atoms with Crippen molar-refractivity contribution in [3.05, 3.63) is 0 Å². The van der Waals surface area contributed by atoms with Crippen LogP contribution in [0.3, 0.4) is 0 Å². The number of esters is 2. The molecule has 0 aromatic carbocycles. The Labute approximate surface area is 342 Å². The van der Waals surface area contributed by atoms with Gasteiger partial charge in [0, 0.05) is 12.8 Å². The van der Waals surface area contributed by atoms with Gasteiger partial charge in [-0.3, -0.25) is 23.4 Å². The van der Waals surface area contributed by atoms with E-state index in [0.717, 1.165) is 38.5 Å². The Morgan fingerprint density at radius 3 is 1.12 bits per heavy atom. The molecule has 0 heterocycles. The summed E-state index contributed by atoms with van der Waals surface area (Å²) in [5.41, 5.74) is 5.33. The van der Waals surface area contributed by atoms with Gasteiger partial charge in [0.1, 0.15) is 12.6 Å². The van der Waals surface area contributed by atoms with Gasteiger partial charge in [0.15, 0.2) is 6.10 Å². The smallest absolute Gasteiger partial charge is 0.472 e. The summed E-state index contributed by atoms with van der Waals surface area (Å²) in [6, 6.07) is -1.52. The highest BCUT2D eigenvalue weighted by molar-refractivity contribution is 7.47. The molecule has 0 spiro atoms. The van der Waals surface area contributed by atoms with E-state index in [1.165, 1.54) is 154 Å². The highest BCUT2D eigenvalue weighted by Crippen LogP contribution is 2.43. The number of aliphatic carboxylic acids is 1. The lowest BCUT2D eigenvalue weighted by Crippen LogP contribution is -2.34. The highest BCUT2D eigenvalue weighted by Gasteiger charge is 2.28. The van der Waals surface area contributed by atoms with Gasteiger partial charge in [0.2, 0.25) is 0 Å². The first-order valence-corrected chi connectivity index (χ1v) is 24.6. The van der Waals surface area contributed by atoms with E-state index in [4.69, 9.17) is 24.8 Å². The minimum Gasteiger partial charge on any atom is -0.480 e. The second-order valence-electron chi connectivity index (χ2n) is 15.9. The van der Waals surface area contributed by atoms with Crippen LogP contribution >= 0.6 is 7.82 Å². The number of phosphoric acid groups is 1. The van der Waals surface area contributed by atoms with Gasteiger partial charge in [-0.1, -0.05) is 206 Å². The van der Waals surface area contributed by atoms with E-state index in [0.29, 0.717) is 12.8 Å². The fraction of sp³-hybridized carbons (Fsp3) is 0.932. The van der Waals surface area contributed by atoms with Crippen molar-refractivity contribution in [1.82, 2.24) is 0 Å². The number of carboxylic acids is 1. The summed E-state index contributed by atoms with van der Waals surface area (Å²) >= 11 is 0. The Balaban J connectivity index is 4.17. The molecule has 0 radical (unpaired) electrons. The van der Waals surface area contributed by atoms with E-state index in [1.54, 1.807) is 0 Å². The number of phosphoric ester groups is 1. The quantitative estimate of drug-likeness (QED) is 0.0303. The number of nitrogens with two attached hydrogens (primary N) is 1. The standard InChI is InChI=1S/C44H86NO10P/c1-3-5-7-9-11-13-15-16-17-18-19-20-21-22-23-24-25-26-28-30-32-34-36-43(47)55-40(38-53-56(50,51)54-39-41(45)44(48)49)37-52-42(46)35-33-31-29-27-14-12-10-8-6-4-2/h40-41H,3-39,45H2,1-2H3,(H,48,49)(H,50,51)/t40-,41-/m0/s1. The third-order valence-electron chi connectivity index (χ3n) is 10.4. The summed E-state index contributed by atoms with van der Waals surface area (Å²) in [7, 11) is -4.71. The summed E-state index contributed by atoms with van der Waals surface area (Å²) in [6.07, 6.45) is 38.9. The van der Waals surface area contributed by atoms with Gasteiger partial charge < -0.3 is 25.2 Å². The maximum Gasteiger partial charge on any atom is 0.472 e. The largest absolute Gasteiger partial charge is 0.480 e. The van der Waals surface area contributed by atoms with Crippen LogP contribution in [0.1, 0.15) is 232 Å². The van der Waals surface area contributed by atoms with Crippen molar-refractivity contribution in [2.45, 2.75) is 244 Å². The molecule has 0 rings (SSSR count). The second kappa shape index (κ2) is 40.3. The van der Waals surface area contributed by atoms with E-state index in [-0.39, 0.29) is 19.4 Å². The van der Waals surface area contributed by atoms with Gasteiger partial charge >= 0.3 is 25.7 Å². The number of unbranched alkanes of at least 4 members (excludes halogenated alkanes) is 30. The van der Waals surface area contributed by atoms with Crippen molar-refractivity contribution in [2.75, 3.05) is 19.8 Å². The molecule has 0 aromatic rings. The van der Waals surface area contributed by atoms with Crippen molar-refractivity contribution < 1.29 is 47.5 Å². The fourth-order valence-corrected chi connectivity index (χ4v) is 7.49. The summed E-state index contributed by atoms with van der Waals surface area (Å²) in [5, 5.41) is 8.88. The van der Waals surface area contributed by atoms with Crippen LogP contribution in [0.4, 0.5) is 0 Å². The molecule has 332 valence electrons. The van der Waals surface area contributed by atoms with Crippen molar-refractivity contribution >= 4 is 25.7 Å². The zero-order chi connectivity index (χ0) is 41.4. The SMILES string of the molecule is CCCCCCCCCCCCCCCCCCCCCCCCC(=O)O[C@@H](COC(=O)CCCCCCCCCCCC)COP(=O)(O)OC[C@H](N)C(=O)O. The molecule has 56 heavy (non-hydrogen) atoms. The van der Waals surface area contributed by atoms with E-state index in [9.17, 15) is 23.8 Å². The lowest BCUT2D eigenvalue weighted by molar-refractivity contribution is -0.161. The number of carbonyl (C=O) groups excluding carboxylic acids is 2. The van der Waals surface area contributed by atoms with Crippen molar-refractivity contribution in [2.24, 2.45) is 5.73 Å². The Bertz CT molecular complexity index is 968. The van der Waals surface area contributed by atoms with Crippen LogP contribution in [-0.4, -0.2) is 59.9 Å². The van der Waals surface area contributed by atoms with E-state index in [2.05, 4.69) is 18.4 Å². The monoisotopic (exact) mass is 820 g/mol. The van der Waals surface area contributed by atoms with Crippen LogP contribution in [0.5, 0.6) is 0 Å². The van der Waals surface area contributed by atoms with E-state index in [1.807, 2.05) is 0 Å². The summed E-state index contributed by atoms with van der Waals surface area (Å²) in [5.74, 6) is -2.36. The van der Waals surface area contributed by atoms with Gasteiger partial charge in [-0.25, -0.2) is 4.57 Å². The number of hydrogen-bond acceptors (Lipinski definition) is 9. The maximum absolute atomic E-state index is 12.6. The van der Waals surface area contributed by atoms with Gasteiger partial charge in [-0.15, -0.1) is 0 Å². The molecule has 0 saturated heterocycles. The summed E-state index contributed by atoms with van der Waals surface area (Å²) in [4.78, 5) is 45.9. The predicted molar refractivity (Wildman–Crippen MR) is 227 cm³/mol. The van der Waals surface area contributed by atoms with E-state index < -0.39 is 51.1 Å². The molecule has 0 amide bonds. The second-order valence-corrected chi connectivity index (χ2v) is 17.4. The highest BCUT2D eigenvalue weighted by atomic mass is 31.2. The number of carboxylic acid groups (broad SMARTS) is 1. The minimum absolute atomic E-state index is 0.170. The van der Waals surface area contributed by atoms with E-state index >= 15 is 0 Å². The molecule has 3 atom stereocenters. The molecule has 12 heteroatoms. The van der Waals surface area contributed by atoms with Gasteiger partial charge in [-0.05, 0) is 12.8 Å². The lowest BCUT2D eigenvalue weighted by Gasteiger charge is -2.20. The Morgan fingerprint density at radius 2 is 0.786 bits per heavy atom. The van der Waals surface area contributed by atoms with Gasteiger partial charge in [0.25, 0.3) is 0 Å². The zero-order valence-corrected chi connectivity index (χ0v) is 36.9. The summed E-state index contributed by atoms with van der Waals surface area (Å²) in [6.45, 7) is 2.82. The average molecular weight is 820 g/mol. The molecule has 0 saturated carbocycles. The van der Waals surface area contributed by atoms with Crippen molar-refractivity contribution in [3.8, 4) is 0 Å². The molecule has 4 N–H and O–H groups in total. The predicted octanol–water partition coefficient (Wildman–Crippen LogP) is 12.3. The molecular formula is C44H86NO10P. The van der Waals surface area contributed by atoms with Crippen LogP contribution in [0.2, 0.25) is 0 Å². The maximum atomic E-state index is 12.6. The molecule has 0 bridgehead atoms. The molecule has 11 nitrogen and oxygen atoms in total. The van der Waals surface area contributed by atoms with Crippen LogP contribution in [0.25, 0.3) is 0 Å². The van der Waals surface area contributed by atoms with Crippen LogP contribution in [0, 0.1) is 0 Å². The Kier molecular flexibility index (Phi) is 39.2. The molecule has 0 aliphatic rings. The van der Waals surface area contributed by atoms with Crippen LogP contribution < -0.4 is 5.73 Å². The third kappa shape index (κ3) is 39.3. The molecule has 0 aliphatic heterocycles. The van der Waals surface area contributed by atoms with Crippen LogP contribution in [0.15, 0.2) is 0 Å². The minimum atomic E-state index is -4.71. The van der Waals surface area contributed by atoms with Crippen LogP contribution in [-0.2, 0) is 37.5 Å². The van der Waals surface area contributed by atoms with Gasteiger partial charge in [0.05, 0.1) is 13.2 Å². The lowest BCUT2D eigenvalue weighted by atomic mass is 10.0. The summed E-state index contributed by atoms with van der Waals surface area (Å²) < 4.78 is 32.7. The number of rotatable bonds is 44. The molecular weight excluding hydrogens is 733 g/mol. The van der Waals surface area contributed by atoms with Gasteiger partial charge in [-0.2, -0.15) is 0 Å². The first-order valence-electron chi connectivity index (χ1n) is 23.1. The Morgan fingerprint density at radius 1 is 0.482 bits per heavy atom. The van der Waals surface area contributed by atoms with Crippen molar-refractivity contribution in [1.29, 1.82) is 0 Å². The zero-order valence-electron chi connectivity index (χ0n) is 36.0. The first-order chi connectivity index (χ1) is 27.1. The topological polar surface area (TPSA) is 172 Å². The first kappa shape index (κ1) is 54.5. The Hall–Kier alpha value is -1.52. The molecule has 1 unspecified atom stereocenters. The number of carbonyl (C=O) groups is 3. The number of ether oxygens (including phenoxy) is 2. The third-order valence-corrected chi connectivity index (χ3v) is 11.3. The van der Waals surface area contributed by atoms with Crippen molar-refractivity contribution in [3.63, 3.8) is 0 Å². The molecule has 0 aromatic heterocycles. The fourth-order valence-electron chi connectivity index (χ4n) is 6.71. The number of hydrogen-bond donors (Lipinski definition) is 3. The molecule has 0 fully saturated rings.